The predicted octanol–water partition coefficient (Wildman–Crippen LogP) is 4.25. The quantitative estimate of drug-likeness (QED) is 0.560. The standard InChI is InChI=1S/C18H38N2O/c1-6-7-8-9-10-15(2)20-17(21)12-11-16(13-14-19)18(3,4)5/h15-16H,6-14,19H2,1-5H3,(H,20,21). The highest BCUT2D eigenvalue weighted by molar-refractivity contribution is 5.76. The second kappa shape index (κ2) is 11.1. The van der Waals surface area contributed by atoms with E-state index >= 15 is 0 Å². The third-order valence-corrected chi connectivity index (χ3v) is 4.36. The van der Waals surface area contributed by atoms with Crippen molar-refractivity contribution in [1.82, 2.24) is 5.32 Å². The average molecular weight is 299 g/mol. The number of hydrogen-bond acceptors (Lipinski definition) is 2. The lowest BCUT2D eigenvalue weighted by Gasteiger charge is -2.30. The van der Waals surface area contributed by atoms with Crippen LogP contribution in [0.25, 0.3) is 0 Å². The van der Waals surface area contributed by atoms with Crippen molar-refractivity contribution in [3.63, 3.8) is 0 Å². The van der Waals surface area contributed by atoms with Gasteiger partial charge in [-0.2, -0.15) is 0 Å². The van der Waals surface area contributed by atoms with Crippen LogP contribution in [0.15, 0.2) is 0 Å². The van der Waals surface area contributed by atoms with E-state index in [-0.39, 0.29) is 11.3 Å². The van der Waals surface area contributed by atoms with Gasteiger partial charge < -0.3 is 11.1 Å². The maximum absolute atomic E-state index is 12.0. The van der Waals surface area contributed by atoms with E-state index in [0.29, 0.717) is 24.9 Å². The Hall–Kier alpha value is -0.570. The zero-order valence-electron chi connectivity index (χ0n) is 15.0. The third kappa shape index (κ3) is 10.8. The molecule has 0 aromatic heterocycles. The van der Waals surface area contributed by atoms with Crippen molar-refractivity contribution in [3.8, 4) is 0 Å². The Kier molecular flexibility index (Phi) is 10.8. The van der Waals surface area contributed by atoms with Gasteiger partial charge in [0, 0.05) is 12.5 Å². The summed E-state index contributed by atoms with van der Waals surface area (Å²) in [6, 6.07) is 0.303. The molecule has 0 aliphatic heterocycles. The fraction of sp³-hybridized carbons (Fsp3) is 0.944. The van der Waals surface area contributed by atoms with Gasteiger partial charge in [0.25, 0.3) is 0 Å². The molecule has 0 heterocycles. The smallest absolute Gasteiger partial charge is 0.220 e. The average Bonchev–Trinajstić information content (AvgIpc) is 2.38. The highest BCUT2D eigenvalue weighted by Gasteiger charge is 2.24. The summed E-state index contributed by atoms with van der Waals surface area (Å²) in [4.78, 5) is 12.0. The monoisotopic (exact) mass is 298 g/mol. The highest BCUT2D eigenvalue weighted by atomic mass is 16.1. The Morgan fingerprint density at radius 1 is 1.10 bits per heavy atom. The Morgan fingerprint density at radius 2 is 1.76 bits per heavy atom. The minimum atomic E-state index is 0.198. The lowest BCUT2D eigenvalue weighted by Crippen LogP contribution is -2.33. The van der Waals surface area contributed by atoms with Crippen LogP contribution in [-0.4, -0.2) is 18.5 Å². The summed E-state index contributed by atoms with van der Waals surface area (Å²) in [5, 5.41) is 3.14. The van der Waals surface area contributed by atoms with Crippen LogP contribution in [0.5, 0.6) is 0 Å². The van der Waals surface area contributed by atoms with Crippen LogP contribution >= 0.6 is 0 Å². The molecule has 126 valence electrons. The van der Waals surface area contributed by atoms with Gasteiger partial charge in [-0.05, 0) is 44.1 Å². The van der Waals surface area contributed by atoms with Gasteiger partial charge in [0.15, 0.2) is 0 Å². The minimum absolute atomic E-state index is 0.198. The molecule has 3 nitrogen and oxygen atoms in total. The molecule has 2 unspecified atom stereocenters. The van der Waals surface area contributed by atoms with Crippen LogP contribution in [0.4, 0.5) is 0 Å². The number of unbranched alkanes of at least 4 members (excludes halogenated alkanes) is 3. The first-order valence-corrected chi connectivity index (χ1v) is 8.80. The van der Waals surface area contributed by atoms with E-state index in [2.05, 4.69) is 39.9 Å². The fourth-order valence-corrected chi connectivity index (χ4v) is 2.81. The molecule has 3 N–H and O–H groups in total. The molecule has 0 rings (SSSR count). The van der Waals surface area contributed by atoms with Gasteiger partial charge in [0.2, 0.25) is 5.91 Å². The van der Waals surface area contributed by atoms with E-state index in [1.54, 1.807) is 0 Å². The van der Waals surface area contributed by atoms with Crippen molar-refractivity contribution in [1.29, 1.82) is 0 Å². The molecule has 0 saturated heterocycles. The summed E-state index contributed by atoms with van der Waals surface area (Å²) in [6.07, 6.45) is 8.71. The molecule has 0 fully saturated rings. The van der Waals surface area contributed by atoms with Gasteiger partial charge in [-0.15, -0.1) is 0 Å². The molecule has 1 amide bonds. The van der Waals surface area contributed by atoms with Gasteiger partial charge in [0.05, 0.1) is 0 Å². The summed E-state index contributed by atoms with van der Waals surface area (Å²) >= 11 is 0. The summed E-state index contributed by atoms with van der Waals surface area (Å²) < 4.78 is 0. The Morgan fingerprint density at radius 3 is 2.29 bits per heavy atom. The second-order valence-electron chi connectivity index (χ2n) is 7.50. The topological polar surface area (TPSA) is 55.1 Å². The fourth-order valence-electron chi connectivity index (χ4n) is 2.81. The minimum Gasteiger partial charge on any atom is -0.354 e. The molecule has 0 aliphatic rings. The zero-order valence-corrected chi connectivity index (χ0v) is 15.0. The van der Waals surface area contributed by atoms with Crippen LogP contribution in [-0.2, 0) is 4.79 Å². The number of nitrogens with two attached hydrogens (primary N) is 1. The van der Waals surface area contributed by atoms with E-state index in [4.69, 9.17) is 5.73 Å². The zero-order chi connectivity index (χ0) is 16.3. The number of amides is 1. The molecule has 0 aromatic carbocycles. The predicted molar refractivity (Wildman–Crippen MR) is 92.2 cm³/mol. The number of hydrogen-bond donors (Lipinski definition) is 2. The molecule has 0 saturated carbocycles. The maximum Gasteiger partial charge on any atom is 0.220 e. The first-order valence-electron chi connectivity index (χ1n) is 8.80. The number of nitrogens with one attached hydrogen (secondary N) is 1. The molecule has 0 spiro atoms. The van der Waals surface area contributed by atoms with Crippen molar-refractivity contribution < 1.29 is 4.79 Å². The number of rotatable bonds is 11. The summed E-state index contributed by atoms with van der Waals surface area (Å²) in [6.45, 7) is 11.8. The van der Waals surface area contributed by atoms with Crippen molar-refractivity contribution in [2.75, 3.05) is 6.54 Å². The summed E-state index contributed by atoms with van der Waals surface area (Å²) in [5.41, 5.74) is 5.92. The molecule has 21 heavy (non-hydrogen) atoms. The first-order chi connectivity index (χ1) is 9.81. The molecular weight excluding hydrogens is 260 g/mol. The molecule has 0 radical (unpaired) electrons. The van der Waals surface area contributed by atoms with Crippen molar-refractivity contribution >= 4 is 5.91 Å². The highest BCUT2D eigenvalue weighted by Crippen LogP contribution is 2.32. The van der Waals surface area contributed by atoms with Crippen LogP contribution in [0.1, 0.15) is 86.0 Å². The van der Waals surface area contributed by atoms with Crippen molar-refractivity contribution in [2.24, 2.45) is 17.1 Å². The van der Waals surface area contributed by atoms with Gasteiger partial charge in [-0.3, -0.25) is 4.79 Å². The van der Waals surface area contributed by atoms with E-state index in [1.807, 2.05) is 0 Å². The Bertz CT molecular complexity index is 271. The van der Waals surface area contributed by atoms with E-state index in [1.165, 1.54) is 25.7 Å². The van der Waals surface area contributed by atoms with E-state index < -0.39 is 0 Å². The number of carbonyl (C=O) groups is 1. The van der Waals surface area contributed by atoms with Crippen LogP contribution in [0, 0.1) is 11.3 Å². The van der Waals surface area contributed by atoms with Crippen molar-refractivity contribution in [3.05, 3.63) is 0 Å². The molecule has 0 aromatic rings. The maximum atomic E-state index is 12.0. The molecule has 3 heteroatoms. The Labute approximate surface area is 132 Å². The molecular formula is C18H38N2O. The van der Waals surface area contributed by atoms with Crippen LogP contribution in [0.3, 0.4) is 0 Å². The van der Waals surface area contributed by atoms with Crippen molar-refractivity contribution in [2.45, 2.75) is 92.0 Å². The van der Waals surface area contributed by atoms with Gasteiger partial charge >= 0.3 is 0 Å². The molecule has 0 aliphatic carbocycles. The second-order valence-corrected chi connectivity index (χ2v) is 7.50. The molecule has 0 bridgehead atoms. The van der Waals surface area contributed by atoms with Crippen LogP contribution < -0.4 is 11.1 Å². The van der Waals surface area contributed by atoms with Gasteiger partial charge in [-0.25, -0.2) is 0 Å². The largest absolute Gasteiger partial charge is 0.354 e. The lowest BCUT2D eigenvalue weighted by atomic mass is 9.76. The SMILES string of the molecule is CCCCCCC(C)NC(=O)CCC(CCN)C(C)(C)C. The summed E-state index contributed by atoms with van der Waals surface area (Å²) in [5.74, 6) is 0.720. The first kappa shape index (κ1) is 20.4. The number of carbonyl (C=O) groups excluding carboxylic acids is 1. The van der Waals surface area contributed by atoms with E-state index in [9.17, 15) is 4.79 Å². The van der Waals surface area contributed by atoms with Crippen LogP contribution in [0.2, 0.25) is 0 Å². The van der Waals surface area contributed by atoms with E-state index in [0.717, 1.165) is 19.3 Å². The molecule has 2 atom stereocenters. The normalized spacial score (nSPS) is 14.8. The van der Waals surface area contributed by atoms with Gasteiger partial charge in [0.1, 0.15) is 0 Å². The lowest BCUT2D eigenvalue weighted by molar-refractivity contribution is -0.122. The van der Waals surface area contributed by atoms with Gasteiger partial charge in [-0.1, -0.05) is 53.4 Å². The third-order valence-electron chi connectivity index (χ3n) is 4.36. The Balaban J connectivity index is 3.96. The summed E-state index contributed by atoms with van der Waals surface area (Å²) in [7, 11) is 0.